The van der Waals surface area contributed by atoms with Gasteiger partial charge in [0.2, 0.25) is 5.91 Å². The average Bonchev–Trinajstić information content (AvgIpc) is 3.24. The second-order valence-electron chi connectivity index (χ2n) is 6.06. The molecule has 1 atom stereocenters. The van der Waals surface area contributed by atoms with E-state index in [0.29, 0.717) is 10.8 Å². The second-order valence-corrected chi connectivity index (χ2v) is 7.81. The van der Waals surface area contributed by atoms with Gasteiger partial charge in [0.25, 0.3) is 0 Å². The number of imidazole rings is 1. The van der Waals surface area contributed by atoms with E-state index in [4.69, 9.17) is 11.6 Å². The normalized spacial score (nSPS) is 12.3. The lowest BCUT2D eigenvalue weighted by molar-refractivity contribution is -0.115. The summed E-state index contributed by atoms with van der Waals surface area (Å²) in [6.07, 6.45) is 5.24. The first-order valence-electron chi connectivity index (χ1n) is 8.26. The molecule has 0 saturated heterocycles. The van der Waals surface area contributed by atoms with E-state index in [1.807, 2.05) is 55.8 Å². The van der Waals surface area contributed by atoms with Crippen LogP contribution in [0.25, 0.3) is 5.69 Å². The number of nitrogens with one attached hydrogen (secondary N) is 1. The van der Waals surface area contributed by atoms with Gasteiger partial charge in [-0.3, -0.25) is 9.36 Å². The van der Waals surface area contributed by atoms with Gasteiger partial charge in [-0.2, -0.15) is 5.10 Å². The van der Waals surface area contributed by atoms with Crippen LogP contribution in [-0.4, -0.2) is 30.5 Å². The SMILES string of the molecule is CC(Sc1nccn1-c1cccc(Cl)c1)C(=O)Nc1ccnn1C(C)C. The summed E-state index contributed by atoms with van der Waals surface area (Å²) < 4.78 is 3.70. The number of aromatic nitrogens is 4. The van der Waals surface area contributed by atoms with Crippen molar-refractivity contribution in [3.8, 4) is 5.69 Å². The number of benzene rings is 1. The van der Waals surface area contributed by atoms with E-state index in [-0.39, 0.29) is 17.2 Å². The maximum atomic E-state index is 12.6. The summed E-state index contributed by atoms with van der Waals surface area (Å²) in [4.78, 5) is 17.0. The average molecular weight is 390 g/mol. The summed E-state index contributed by atoms with van der Waals surface area (Å²) >= 11 is 7.47. The minimum atomic E-state index is -0.328. The van der Waals surface area contributed by atoms with Crippen LogP contribution in [0, 0.1) is 0 Å². The molecule has 3 aromatic rings. The Morgan fingerprint density at radius 3 is 2.77 bits per heavy atom. The van der Waals surface area contributed by atoms with Gasteiger partial charge in [0.1, 0.15) is 5.82 Å². The number of hydrogen-bond acceptors (Lipinski definition) is 4. The minimum absolute atomic E-state index is 0.0990. The highest BCUT2D eigenvalue weighted by atomic mass is 35.5. The number of carbonyl (C=O) groups is 1. The van der Waals surface area contributed by atoms with Gasteiger partial charge in [-0.05, 0) is 39.0 Å². The third kappa shape index (κ3) is 4.11. The molecule has 0 aliphatic rings. The monoisotopic (exact) mass is 389 g/mol. The van der Waals surface area contributed by atoms with Gasteiger partial charge in [-0.15, -0.1) is 0 Å². The fourth-order valence-electron chi connectivity index (χ4n) is 2.46. The van der Waals surface area contributed by atoms with Gasteiger partial charge in [0.15, 0.2) is 5.16 Å². The number of anilines is 1. The Kier molecular flexibility index (Phi) is 5.68. The van der Waals surface area contributed by atoms with Gasteiger partial charge in [-0.1, -0.05) is 29.4 Å². The smallest absolute Gasteiger partial charge is 0.238 e. The fourth-order valence-corrected chi connectivity index (χ4v) is 3.53. The van der Waals surface area contributed by atoms with E-state index in [2.05, 4.69) is 15.4 Å². The Hall–Kier alpha value is -2.25. The molecule has 1 unspecified atom stereocenters. The van der Waals surface area contributed by atoms with Gasteiger partial charge in [0, 0.05) is 35.2 Å². The zero-order chi connectivity index (χ0) is 18.7. The molecule has 2 heterocycles. The quantitative estimate of drug-likeness (QED) is 0.633. The first kappa shape index (κ1) is 18.5. The van der Waals surface area contributed by atoms with Gasteiger partial charge in [-0.25, -0.2) is 9.67 Å². The summed E-state index contributed by atoms with van der Waals surface area (Å²) in [5, 5.41) is 8.22. The number of rotatable bonds is 6. The van der Waals surface area contributed by atoms with Crippen molar-refractivity contribution in [2.45, 2.75) is 37.2 Å². The van der Waals surface area contributed by atoms with E-state index >= 15 is 0 Å². The molecule has 0 bridgehead atoms. The van der Waals surface area contributed by atoms with Crippen LogP contribution in [0.2, 0.25) is 5.02 Å². The highest BCUT2D eigenvalue weighted by molar-refractivity contribution is 8.00. The lowest BCUT2D eigenvalue weighted by Gasteiger charge is -2.15. The van der Waals surface area contributed by atoms with E-state index < -0.39 is 0 Å². The summed E-state index contributed by atoms with van der Waals surface area (Å²) in [6.45, 7) is 5.89. The van der Waals surface area contributed by atoms with Crippen LogP contribution in [-0.2, 0) is 4.79 Å². The Morgan fingerprint density at radius 2 is 2.04 bits per heavy atom. The Morgan fingerprint density at radius 1 is 1.23 bits per heavy atom. The van der Waals surface area contributed by atoms with Crippen LogP contribution in [0.4, 0.5) is 5.82 Å². The maximum absolute atomic E-state index is 12.6. The van der Waals surface area contributed by atoms with Gasteiger partial charge < -0.3 is 5.32 Å². The van der Waals surface area contributed by atoms with Crippen molar-refractivity contribution in [2.24, 2.45) is 0 Å². The van der Waals surface area contributed by atoms with E-state index in [9.17, 15) is 4.79 Å². The Bertz CT molecular complexity index is 904. The molecule has 0 saturated carbocycles. The zero-order valence-corrected chi connectivity index (χ0v) is 16.3. The molecule has 26 heavy (non-hydrogen) atoms. The van der Waals surface area contributed by atoms with Gasteiger partial charge >= 0.3 is 0 Å². The summed E-state index contributed by atoms with van der Waals surface area (Å²) in [5.41, 5.74) is 0.906. The molecule has 1 aromatic carbocycles. The predicted octanol–water partition coefficient (Wildman–Crippen LogP) is 4.42. The van der Waals surface area contributed by atoms with Crippen LogP contribution < -0.4 is 5.32 Å². The lowest BCUT2D eigenvalue weighted by Crippen LogP contribution is -2.25. The number of carbonyl (C=O) groups excluding carboxylic acids is 1. The van der Waals surface area contributed by atoms with Crippen molar-refractivity contribution < 1.29 is 4.79 Å². The lowest BCUT2D eigenvalue weighted by atomic mass is 10.3. The van der Waals surface area contributed by atoms with E-state index in [1.165, 1.54) is 11.8 Å². The van der Waals surface area contributed by atoms with Crippen LogP contribution >= 0.6 is 23.4 Å². The highest BCUT2D eigenvalue weighted by Crippen LogP contribution is 2.26. The Balaban J connectivity index is 1.72. The molecular weight excluding hydrogens is 370 g/mol. The summed E-state index contributed by atoms with van der Waals surface area (Å²) in [6, 6.07) is 9.48. The van der Waals surface area contributed by atoms with Crippen LogP contribution in [0.3, 0.4) is 0 Å². The van der Waals surface area contributed by atoms with Crippen molar-refractivity contribution in [1.29, 1.82) is 0 Å². The first-order chi connectivity index (χ1) is 12.5. The Labute approximate surface area is 161 Å². The van der Waals surface area contributed by atoms with Crippen molar-refractivity contribution in [2.75, 3.05) is 5.32 Å². The fraction of sp³-hybridized carbons (Fsp3) is 0.278. The molecular formula is C18H20ClN5OS. The molecule has 1 amide bonds. The molecule has 0 fully saturated rings. The largest absolute Gasteiger partial charge is 0.310 e. The molecule has 0 aliphatic heterocycles. The van der Waals surface area contributed by atoms with Gasteiger partial charge in [0.05, 0.1) is 11.4 Å². The third-order valence-corrected chi connectivity index (χ3v) is 5.07. The number of hydrogen-bond donors (Lipinski definition) is 1. The van der Waals surface area contributed by atoms with Crippen molar-refractivity contribution in [1.82, 2.24) is 19.3 Å². The maximum Gasteiger partial charge on any atom is 0.238 e. The molecule has 136 valence electrons. The standard InChI is InChI=1S/C18H20ClN5OS/c1-12(2)24-16(7-8-21-24)22-17(25)13(3)26-18-20-9-10-23(18)15-6-4-5-14(19)11-15/h4-13H,1-3H3,(H,22,25). The molecule has 1 N–H and O–H groups in total. The number of halogens is 1. The van der Waals surface area contributed by atoms with Crippen molar-refractivity contribution in [3.05, 3.63) is 53.9 Å². The number of amides is 1. The van der Waals surface area contributed by atoms with Crippen LogP contribution in [0.1, 0.15) is 26.8 Å². The van der Waals surface area contributed by atoms with Crippen LogP contribution in [0.15, 0.2) is 54.1 Å². The van der Waals surface area contributed by atoms with Crippen molar-refractivity contribution in [3.63, 3.8) is 0 Å². The third-order valence-electron chi connectivity index (χ3n) is 3.76. The molecule has 2 aromatic heterocycles. The van der Waals surface area contributed by atoms with E-state index in [0.717, 1.165) is 10.8 Å². The predicted molar refractivity (Wildman–Crippen MR) is 105 cm³/mol. The number of thioether (sulfide) groups is 1. The first-order valence-corrected chi connectivity index (χ1v) is 9.52. The molecule has 8 heteroatoms. The second kappa shape index (κ2) is 7.97. The molecule has 0 aliphatic carbocycles. The highest BCUT2D eigenvalue weighted by Gasteiger charge is 2.19. The molecule has 3 rings (SSSR count). The van der Waals surface area contributed by atoms with Crippen molar-refractivity contribution >= 4 is 35.1 Å². The zero-order valence-electron chi connectivity index (χ0n) is 14.8. The van der Waals surface area contributed by atoms with E-state index in [1.54, 1.807) is 23.1 Å². The summed E-state index contributed by atoms with van der Waals surface area (Å²) in [7, 11) is 0. The molecule has 0 spiro atoms. The summed E-state index contributed by atoms with van der Waals surface area (Å²) in [5.74, 6) is 0.591. The number of nitrogens with zero attached hydrogens (tertiary/aromatic N) is 4. The molecule has 6 nitrogen and oxygen atoms in total. The topological polar surface area (TPSA) is 64.7 Å². The minimum Gasteiger partial charge on any atom is -0.310 e. The van der Waals surface area contributed by atoms with Crippen LogP contribution in [0.5, 0.6) is 0 Å². The molecule has 0 radical (unpaired) electrons.